The molecular formula is C12H15IN2O3. The van der Waals surface area contributed by atoms with Gasteiger partial charge in [0.2, 0.25) is 5.91 Å². The van der Waals surface area contributed by atoms with Crippen LogP contribution in [0.15, 0.2) is 18.2 Å². The molecule has 0 fully saturated rings. The van der Waals surface area contributed by atoms with E-state index in [1.807, 2.05) is 25.1 Å². The van der Waals surface area contributed by atoms with E-state index in [0.29, 0.717) is 12.8 Å². The van der Waals surface area contributed by atoms with Crippen molar-refractivity contribution in [1.29, 1.82) is 0 Å². The molecule has 2 amide bonds. The van der Waals surface area contributed by atoms with E-state index in [4.69, 9.17) is 5.11 Å². The number of carbonyl (C=O) groups excluding carboxylic acids is 1. The Balaban J connectivity index is 2.38. The molecule has 0 atom stereocenters. The summed E-state index contributed by atoms with van der Waals surface area (Å²) in [7, 11) is 0. The molecule has 0 aliphatic carbocycles. The molecule has 5 nitrogen and oxygen atoms in total. The smallest absolute Gasteiger partial charge is 0.404 e. The van der Waals surface area contributed by atoms with Gasteiger partial charge in [-0.25, -0.2) is 4.79 Å². The van der Waals surface area contributed by atoms with Crippen LogP contribution in [0.2, 0.25) is 0 Å². The van der Waals surface area contributed by atoms with E-state index < -0.39 is 6.09 Å². The van der Waals surface area contributed by atoms with Crippen molar-refractivity contribution in [2.45, 2.75) is 19.8 Å². The summed E-state index contributed by atoms with van der Waals surface area (Å²) in [6.07, 6.45) is -0.281. The molecule has 0 heterocycles. The summed E-state index contributed by atoms with van der Waals surface area (Å²) in [4.78, 5) is 21.8. The molecular weight excluding hydrogens is 347 g/mol. The van der Waals surface area contributed by atoms with E-state index in [2.05, 4.69) is 33.2 Å². The van der Waals surface area contributed by atoms with E-state index in [1.54, 1.807) is 0 Å². The van der Waals surface area contributed by atoms with Gasteiger partial charge < -0.3 is 15.7 Å². The van der Waals surface area contributed by atoms with E-state index in [0.717, 1.165) is 14.8 Å². The van der Waals surface area contributed by atoms with Crippen LogP contribution in [0.3, 0.4) is 0 Å². The van der Waals surface area contributed by atoms with E-state index in [-0.39, 0.29) is 12.5 Å². The Bertz CT molecular complexity index is 449. The summed E-state index contributed by atoms with van der Waals surface area (Å²) in [5, 5.41) is 13.4. The number of nitrogens with one attached hydrogen (secondary N) is 2. The van der Waals surface area contributed by atoms with Crippen molar-refractivity contribution >= 4 is 40.3 Å². The van der Waals surface area contributed by atoms with Gasteiger partial charge in [0, 0.05) is 22.2 Å². The van der Waals surface area contributed by atoms with Gasteiger partial charge in [-0.15, -0.1) is 0 Å². The molecule has 3 N–H and O–H groups in total. The van der Waals surface area contributed by atoms with Crippen molar-refractivity contribution in [2.75, 3.05) is 11.9 Å². The Kier molecular flexibility index (Phi) is 5.90. The van der Waals surface area contributed by atoms with Crippen LogP contribution < -0.4 is 10.6 Å². The van der Waals surface area contributed by atoms with Crippen molar-refractivity contribution in [1.82, 2.24) is 5.32 Å². The maximum Gasteiger partial charge on any atom is 0.404 e. The van der Waals surface area contributed by atoms with Crippen molar-refractivity contribution in [3.05, 3.63) is 27.3 Å². The first-order valence-electron chi connectivity index (χ1n) is 5.52. The Hall–Kier alpha value is -1.31. The Labute approximate surface area is 119 Å². The molecule has 1 aromatic rings. The largest absolute Gasteiger partial charge is 0.465 e. The second-order valence-corrected chi connectivity index (χ2v) is 5.09. The molecule has 0 radical (unpaired) electrons. The fourth-order valence-corrected chi connectivity index (χ4v) is 2.07. The minimum absolute atomic E-state index is 0.105. The summed E-state index contributed by atoms with van der Waals surface area (Å²) in [6, 6.07) is 5.78. The molecule has 6 heteroatoms. The highest BCUT2D eigenvalue weighted by Gasteiger charge is 2.05. The molecule has 0 bridgehead atoms. The van der Waals surface area contributed by atoms with Gasteiger partial charge in [-0.3, -0.25) is 4.79 Å². The van der Waals surface area contributed by atoms with Gasteiger partial charge in [0.05, 0.1) is 0 Å². The topological polar surface area (TPSA) is 78.4 Å². The lowest BCUT2D eigenvalue weighted by Crippen LogP contribution is -2.23. The minimum atomic E-state index is -1.07. The third kappa shape index (κ3) is 5.35. The molecule has 0 aromatic heterocycles. The first-order valence-corrected chi connectivity index (χ1v) is 6.59. The second-order valence-electron chi connectivity index (χ2n) is 3.84. The lowest BCUT2D eigenvalue weighted by molar-refractivity contribution is -0.116. The highest BCUT2D eigenvalue weighted by atomic mass is 127. The number of carbonyl (C=O) groups is 2. The maximum atomic E-state index is 11.6. The van der Waals surface area contributed by atoms with Gasteiger partial charge >= 0.3 is 6.09 Å². The first-order chi connectivity index (χ1) is 8.49. The lowest BCUT2D eigenvalue weighted by atomic mass is 10.2. The number of hydrogen-bond acceptors (Lipinski definition) is 2. The van der Waals surface area contributed by atoms with Crippen molar-refractivity contribution < 1.29 is 14.7 Å². The summed E-state index contributed by atoms with van der Waals surface area (Å²) >= 11 is 2.21. The molecule has 1 aromatic carbocycles. The summed E-state index contributed by atoms with van der Waals surface area (Å²) in [6.45, 7) is 2.22. The number of amides is 2. The zero-order valence-corrected chi connectivity index (χ0v) is 12.2. The predicted octanol–water partition coefficient (Wildman–Crippen LogP) is 2.59. The van der Waals surface area contributed by atoms with Gasteiger partial charge in [-0.1, -0.05) is 0 Å². The quantitative estimate of drug-likeness (QED) is 0.557. The van der Waals surface area contributed by atoms with Crippen LogP contribution in [0.4, 0.5) is 10.5 Å². The number of hydrogen-bond donors (Lipinski definition) is 3. The summed E-state index contributed by atoms with van der Waals surface area (Å²) < 4.78 is 1.12. The van der Waals surface area contributed by atoms with E-state index in [1.165, 1.54) is 0 Å². The fourth-order valence-electron chi connectivity index (χ4n) is 1.42. The normalized spacial score (nSPS) is 9.89. The average molecular weight is 362 g/mol. The Morgan fingerprint density at radius 2 is 2.11 bits per heavy atom. The molecule has 0 spiro atoms. The van der Waals surface area contributed by atoms with Gasteiger partial charge in [-0.05, 0) is 59.7 Å². The standard InChI is InChI=1S/C12H15IN2O3/c1-8-7-9(13)4-5-10(8)15-11(16)3-2-6-14-12(17)18/h4-5,7,14H,2-3,6H2,1H3,(H,15,16)(H,17,18). The molecule has 98 valence electrons. The summed E-state index contributed by atoms with van der Waals surface area (Å²) in [5.74, 6) is -0.105. The zero-order valence-electron chi connectivity index (χ0n) is 10.00. The number of anilines is 1. The zero-order chi connectivity index (χ0) is 13.5. The molecule has 0 aliphatic rings. The number of aryl methyl sites for hydroxylation is 1. The Morgan fingerprint density at radius 1 is 1.39 bits per heavy atom. The number of benzene rings is 1. The van der Waals surface area contributed by atoms with Crippen LogP contribution >= 0.6 is 22.6 Å². The van der Waals surface area contributed by atoms with Crippen LogP contribution in [0.1, 0.15) is 18.4 Å². The van der Waals surface area contributed by atoms with E-state index in [9.17, 15) is 9.59 Å². The highest BCUT2D eigenvalue weighted by molar-refractivity contribution is 14.1. The highest BCUT2D eigenvalue weighted by Crippen LogP contribution is 2.17. The molecule has 1 rings (SSSR count). The number of halogens is 1. The van der Waals surface area contributed by atoms with Gasteiger partial charge in [0.1, 0.15) is 0 Å². The summed E-state index contributed by atoms with van der Waals surface area (Å²) in [5.41, 5.74) is 1.81. The third-order valence-electron chi connectivity index (χ3n) is 2.32. The fraction of sp³-hybridized carbons (Fsp3) is 0.333. The van der Waals surface area contributed by atoms with Gasteiger partial charge in [0.25, 0.3) is 0 Å². The first kappa shape index (κ1) is 14.7. The predicted molar refractivity (Wildman–Crippen MR) is 77.8 cm³/mol. The number of rotatable bonds is 5. The van der Waals surface area contributed by atoms with Crippen LogP contribution in [0.25, 0.3) is 0 Å². The minimum Gasteiger partial charge on any atom is -0.465 e. The molecule has 0 saturated carbocycles. The molecule has 0 saturated heterocycles. The number of carboxylic acid groups (broad SMARTS) is 1. The molecule has 0 unspecified atom stereocenters. The molecule has 18 heavy (non-hydrogen) atoms. The van der Waals surface area contributed by atoms with Gasteiger partial charge in [-0.2, -0.15) is 0 Å². The van der Waals surface area contributed by atoms with Crippen LogP contribution in [-0.4, -0.2) is 23.7 Å². The maximum absolute atomic E-state index is 11.6. The lowest BCUT2D eigenvalue weighted by Gasteiger charge is -2.08. The Morgan fingerprint density at radius 3 is 2.72 bits per heavy atom. The second kappa shape index (κ2) is 7.20. The third-order valence-corrected chi connectivity index (χ3v) is 2.99. The van der Waals surface area contributed by atoms with Crippen LogP contribution in [0, 0.1) is 10.5 Å². The monoisotopic (exact) mass is 362 g/mol. The van der Waals surface area contributed by atoms with Crippen LogP contribution in [-0.2, 0) is 4.79 Å². The average Bonchev–Trinajstić information content (AvgIpc) is 2.28. The van der Waals surface area contributed by atoms with Crippen LogP contribution in [0.5, 0.6) is 0 Å². The SMILES string of the molecule is Cc1cc(I)ccc1NC(=O)CCCNC(=O)O. The van der Waals surface area contributed by atoms with E-state index >= 15 is 0 Å². The van der Waals surface area contributed by atoms with Crippen molar-refractivity contribution in [3.8, 4) is 0 Å². The van der Waals surface area contributed by atoms with Gasteiger partial charge in [0.15, 0.2) is 0 Å². The molecule has 0 aliphatic heterocycles. The van der Waals surface area contributed by atoms with Crippen molar-refractivity contribution in [2.24, 2.45) is 0 Å². The van der Waals surface area contributed by atoms with Crippen molar-refractivity contribution in [3.63, 3.8) is 0 Å².